The highest BCUT2D eigenvalue weighted by Gasteiger charge is 2.43. The van der Waals surface area contributed by atoms with Gasteiger partial charge in [0, 0.05) is 56.6 Å². The lowest BCUT2D eigenvalue weighted by molar-refractivity contribution is -0.186. The van der Waals surface area contributed by atoms with E-state index in [1.54, 1.807) is 0 Å². The van der Waals surface area contributed by atoms with E-state index in [0.29, 0.717) is 12.8 Å². The zero-order valence-electron chi connectivity index (χ0n) is 17.0. The molecule has 3 heterocycles. The first kappa shape index (κ1) is 20.6. The summed E-state index contributed by atoms with van der Waals surface area (Å²) < 4.78 is 40.1. The van der Waals surface area contributed by atoms with Crippen LogP contribution in [0.1, 0.15) is 37.3 Å². The molecule has 0 unspecified atom stereocenters. The van der Waals surface area contributed by atoms with Gasteiger partial charge in [0.1, 0.15) is 0 Å². The van der Waals surface area contributed by atoms with E-state index in [2.05, 4.69) is 4.99 Å². The highest BCUT2D eigenvalue weighted by Crippen LogP contribution is 2.41. The molecule has 2 aromatic rings. The van der Waals surface area contributed by atoms with Crippen molar-refractivity contribution >= 4 is 28.2 Å². The molecular formula is C21H25F3N4O2. The first-order valence-corrected chi connectivity index (χ1v) is 10.1. The van der Waals surface area contributed by atoms with Gasteiger partial charge in [-0.25, -0.2) is 0 Å². The van der Waals surface area contributed by atoms with Gasteiger partial charge in [-0.2, -0.15) is 13.2 Å². The van der Waals surface area contributed by atoms with Crippen LogP contribution in [-0.4, -0.2) is 66.1 Å². The number of hydrogen-bond donors (Lipinski definition) is 1. The maximum Gasteiger partial charge on any atom is 0.471 e. The third-order valence-electron chi connectivity index (χ3n) is 6.00. The van der Waals surface area contributed by atoms with E-state index in [1.165, 1.54) is 0 Å². The van der Waals surface area contributed by atoms with Gasteiger partial charge >= 0.3 is 12.1 Å². The van der Waals surface area contributed by atoms with Crippen LogP contribution in [0.25, 0.3) is 10.9 Å². The van der Waals surface area contributed by atoms with Crippen molar-refractivity contribution in [1.82, 2.24) is 9.47 Å². The lowest BCUT2D eigenvalue weighted by atomic mass is 10.0. The second-order valence-electron chi connectivity index (χ2n) is 8.12. The number of aromatic hydroxyl groups is 1. The third-order valence-corrected chi connectivity index (χ3v) is 6.00. The van der Waals surface area contributed by atoms with Crippen molar-refractivity contribution in [2.75, 3.05) is 38.6 Å². The largest absolute Gasteiger partial charge is 0.494 e. The van der Waals surface area contributed by atoms with E-state index in [4.69, 9.17) is 0 Å². The summed E-state index contributed by atoms with van der Waals surface area (Å²) >= 11 is 0. The van der Waals surface area contributed by atoms with Crippen LogP contribution < -0.4 is 4.90 Å². The van der Waals surface area contributed by atoms with Gasteiger partial charge in [0.05, 0.1) is 11.1 Å². The van der Waals surface area contributed by atoms with Crippen molar-refractivity contribution < 1.29 is 23.1 Å². The molecule has 0 bridgehead atoms. The van der Waals surface area contributed by atoms with Gasteiger partial charge in [-0.15, -0.1) is 0 Å². The maximum absolute atomic E-state index is 12.8. The van der Waals surface area contributed by atoms with Crippen molar-refractivity contribution in [3.8, 4) is 5.88 Å². The fourth-order valence-electron chi connectivity index (χ4n) is 4.47. The van der Waals surface area contributed by atoms with Crippen LogP contribution in [0.3, 0.4) is 0 Å². The molecule has 1 fully saturated rings. The third kappa shape index (κ3) is 3.50. The standard InChI is InChI=1S/C21H25F3N4O2/c1-26(2)14-5-6-17-15(12-14)18(16-4-3-9-25-16)19(29)28(17)13-7-10-27(11-8-13)20(30)21(22,23)24/h5-6,12-13,29H,3-4,7-11H2,1-2H3. The number of piperidine rings is 1. The average molecular weight is 422 g/mol. The number of aromatic nitrogens is 1. The van der Waals surface area contributed by atoms with E-state index in [0.717, 1.165) is 52.2 Å². The number of rotatable bonds is 3. The predicted octanol–water partition coefficient (Wildman–Crippen LogP) is 3.72. The van der Waals surface area contributed by atoms with Crippen LogP contribution in [0, 0.1) is 0 Å². The van der Waals surface area contributed by atoms with Gasteiger partial charge in [-0.1, -0.05) is 0 Å². The maximum atomic E-state index is 12.8. The fourth-order valence-corrected chi connectivity index (χ4v) is 4.47. The number of fused-ring (bicyclic) bond motifs is 1. The zero-order chi connectivity index (χ0) is 21.6. The Kier molecular flexibility index (Phi) is 5.15. The Morgan fingerprint density at radius 1 is 1.23 bits per heavy atom. The van der Waals surface area contributed by atoms with Gasteiger partial charge in [-0.3, -0.25) is 9.79 Å². The van der Waals surface area contributed by atoms with E-state index in [-0.39, 0.29) is 25.0 Å². The molecule has 0 spiro atoms. The Labute approximate surface area is 172 Å². The number of carbonyl (C=O) groups excluding carboxylic acids is 1. The van der Waals surface area contributed by atoms with E-state index in [1.807, 2.05) is 41.8 Å². The molecule has 2 aliphatic rings. The molecule has 6 nitrogen and oxygen atoms in total. The van der Waals surface area contributed by atoms with Gasteiger partial charge < -0.3 is 19.5 Å². The van der Waals surface area contributed by atoms with Crippen molar-refractivity contribution in [2.45, 2.75) is 37.9 Å². The first-order valence-electron chi connectivity index (χ1n) is 10.1. The molecule has 0 aliphatic carbocycles. The normalized spacial score (nSPS) is 18.2. The fraction of sp³-hybridized carbons (Fsp3) is 0.524. The molecule has 1 saturated heterocycles. The van der Waals surface area contributed by atoms with Crippen LogP contribution in [0.2, 0.25) is 0 Å². The monoisotopic (exact) mass is 422 g/mol. The molecule has 1 aromatic heterocycles. The number of likely N-dealkylation sites (tertiary alicyclic amines) is 1. The number of aliphatic imine (C=N–C) groups is 1. The lowest BCUT2D eigenvalue weighted by Gasteiger charge is -2.33. The highest BCUT2D eigenvalue weighted by atomic mass is 19.4. The minimum Gasteiger partial charge on any atom is -0.494 e. The van der Waals surface area contributed by atoms with Crippen LogP contribution in [0.5, 0.6) is 5.88 Å². The number of alkyl halides is 3. The summed E-state index contributed by atoms with van der Waals surface area (Å²) in [5.41, 5.74) is 3.42. The summed E-state index contributed by atoms with van der Waals surface area (Å²) in [6, 6.07) is 5.73. The molecule has 0 radical (unpaired) electrons. The molecule has 162 valence electrons. The molecule has 4 rings (SSSR count). The number of amides is 1. The Bertz CT molecular complexity index is 1000. The Hall–Kier alpha value is -2.71. The number of benzene rings is 1. The molecular weight excluding hydrogens is 397 g/mol. The van der Waals surface area contributed by atoms with Crippen LogP contribution >= 0.6 is 0 Å². The van der Waals surface area contributed by atoms with Crippen molar-refractivity contribution in [2.24, 2.45) is 4.99 Å². The first-order chi connectivity index (χ1) is 14.2. The summed E-state index contributed by atoms with van der Waals surface area (Å²) in [4.78, 5) is 18.9. The van der Waals surface area contributed by atoms with Crippen molar-refractivity contribution in [3.63, 3.8) is 0 Å². The number of halogens is 3. The van der Waals surface area contributed by atoms with E-state index < -0.39 is 12.1 Å². The number of carbonyl (C=O) groups is 1. The summed E-state index contributed by atoms with van der Waals surface area (Å²) in [5.74, 6) is -1.68. The topological polar surface area (TPSA) is 61.1 Å². The van der Waals surface area contributed by atoms with Crippen LogP contribution in [-0.2, 0) is 4.79 Å². The minimum absolute atomic E-state index is 0.00812. The van der Waals surface area contributed by atoms with Crippen molar-refractivity contribution in [3.05, 3.63) is 23.8 Å². The predicted molar refractivity (Wildman–Crippen MR) is 109 cm³/mol. The molecule has 9 heteroatoms. The molecule has 1 amide bonds. The molecule has 0 saturated carbocycles. The summed E-state index contributed by atoms with van der Waals surface area (Å²) in [7, 11) is 3.89. The highest BCUT2D eigenvalue weighted by molar-refractivity contribution is 6.14. The Balaban J connectivity index is 1.71. The molecule has 2 aliphatic heterocycles. The van der Waals surface area contributed by atoms with Gasteiger partial charge in [-0.05, 0) is 43.9 Å². The van der Waals surface area contributed by atoms with Gasteiger partial charge in [0.2, 0.25) is 5.88 Å². The second-order valence-corrected chi connectivity index (χ2v) is 8.12. The van der Waals surface area contributed by atoms with Crippen LogP contribution in [0.4, 0.5) is 18.9 Å². The lowest BCUT2D eigenvalue weighted by Crippen LogP contribution is -2.45. The van der Waals surface area contributed by atoms with Gasteiger partial charge in [0.25, 0.3) is 0 Å². The number of nitrogens with zero attached hydrogens (tertiary/aromatic N) is 4. The van der Waals surface area contributed by atoms with E-state index in [9.17, 15) is 23.1 Å². The number of hydrogen-bond acceptors (Lipinski definition) is 4. The van der Waals surface area contributed by atoms with E-state index >= 15 is 0 Å². The minimum atomic E-state index is -4.86. The zero-order valence-corrected chi connectivity index (χ0v) is 17.0. The quantitative estimate of drug-likeness (QED) is 0.820. The Morgan fingerprint density at radius 3 is 2.50 bits per heavy atom. The van der Waals surface area contributed by atoms with Gasteiger partial charge in [0.15, 0.2) is 0 Å². The molecule has 0 atom stereocenters. The van der Waals surface area contributed by atoms with Crippen molar-refractivity contribution in [1.29, 1.82) is 0 Å². The average Bonchev–Trinajstić information content (AvgIpc) is 3.31. The molecule has 1 N–H and O–H groups in total. The second kappa shape index (κ2) is 7.52. The molecule has 30 heavy (non-hydrogen) atoms. The SMILES string of the molecule is CN(C)c1ccc2c(c1)c(C1=NCCC1)c(O)n2C1CCN(C(=O)C(F)(F)F)CC1. The van der Waals surface area contributed by atoms with Crippen LogP contribution in [0.15, 0.2) is 23.2 Å². The summed E-state index contributed by atoms with van der Waals surface area (Å²) in [6.45, 7) is 0.745. The summed E-state index contributed by atoms with van der Waals surface area (Å²) in [6.07, 6.45) is -2.43. The molecule has 1 aromatic carbocycles. The smallest absolute Gasteiger partial charge is 0.471 e. The number of anilines is 1. The Morgan fingerprint density at radius 2 is 1.93 bits per heavy atom. The summed E-state index contributed by atoms with van der Waals surface area (Å²) in [5, 5.41) is 12.1.